The molecule has 0 spiro atoms. The first-order valence-corrected chi connectivity index (χ1v) is 5.99. The third-order valence-electron chi connectivity index (χ3n) is 2.36. The van der Waals surface area contributed by atoms with E-state index in [1.54, 1.807) is 12.1 Å². The van der Waals surface area contributed by atoms with E-state index in [1.165, 1.54) is 12.1 Å². The summed E-state index contributed by atoms with van der Waals surface area (Å²) in [5.74, 6) is 0.0122. The Kier molecular flexibility index (Phi) is 3.57. The van der Waals surface area contributed by atoms with Crippen molar-refractivity contribution < 1.29 is 4.79 Å². The predicted octanol–water partition coefficient (Wildman–Crippen LogP) is 2.09. The SMILES string of the molecule is Cc1cccc(C(=O)Nc2ccc(=O)[nH]n2)c1Br. The lowest BCUT2D eigenvalue weighted by molar-refractivity contribution is 0.102. The third-order valence-corrected chi connectivity index (χ3v) is 3.41. The van der Waals surface area contributed by atoms with Gasteiger partial charge in [0, 0.05) is 10.5 Å². The van der Waals surface area contributed by atoms with E-state index in [-0.39, 0.29) is 11.5 Å². The van der Waals surface area contributed by atoms with E-state index in [0.29, 0.717) is 11.4 Å². The van der Waals surface area contributed by atoms with Gasteiger partial charge in [-0.25, -0.2) is 5.10 Å². The number of carbonyl (C=O) groups excluding carboxylic acids is 1. The Morgan fingerprint density at radius 1 is 1.33 bits per heavy atom. The fourth-order valence-corrected chi connectivity index (χ4v) is 1.86. The summed E-state index contributed by atoms with van der Waals surface area (Å²) in [6.45, 7) is 1.90. The number of nitrogens with zero attached hydrogens (tertiary/aromatic N) is 1. The molecule has 0 saturated heterocycles. The van der Waals surface area contributed by atoms with Crippen LogP contribution in [-0.2, 0) is 0 Å². The molecule has 6 heteroatoms. The molecule has 2 N–H and O–H groups in total. The van der Waals surface area contributed by atoms with Gasteiger partial charge in [0.25, 0.3) is 11.5 Å². The number of amides is 1. The van der Waals surface area contributed by atoms with Gasteiger partial charge >= 0.3 is 0 Å². The van der Waals surface area contributed by atoms with E-state index >= 15 is 0 Å². The second-order valence-corrected chi connectivity index (χ2v) is 4.49. The van der Waals surface area contributed by atoms with Gasteiger partial charge in [0.05, 0.1) is 5.56 Å². The van der Waals surface area contributed by atoms with E-state index in [1.807, 2.05) is 13.0 Å². The molecule has 0 atom stereocenters. The van der Waals surface area contributed by atoms with Crippen molar-refractivity contribution in [2.75, 3.05) is 5.32 Å². The maximum atomic E-state index is 12.0. The number of nitrogens with one attached hydrogen (secondary N) is 2. The van der Waals surface area contributed by atoms with E-state index < -0.39 is 0 Å². The highest BCUT2D eigenvalue weighted by Gasteiger charge is 2.11. The predicted molar refractivity (Wildman–Crippen MR) is 71.7 cm³/mol. The number of benzene rings is 1. The van der Waals surface area contributed by atoms with Crippen LogP contribution in [0.2, 0.25) is 0 Å². The topological polar surface area (TPSA) is 74.8 Å². The Bertz CT molecular complexity index is 632. The quantitative estimate of drug-likeness (QED) is 0.892. The molecule has 18 heavy (non-hydrogen) atoms. The van der Waals surface area contributed by atoms with E-state index in [9.17, 15) is 9.59 Å². The number of hydrogen-bond acceptors (Lipinski definition) is 3. The van der Waals surface area contributed by atoms with Gasteiger partial charge < -0.3 is 5.32 Å². The van der Waals surface area contributed by atoms with Crippen LogP contribution < -0.4 is 10.9 Å². The van der Waals surface area contributed by atoms with Crippen LogP contribution >= 0.6 is 15.9 Å². The minimum atomic E-state index is -0.315. The van der Waals surface area contributed by atoms with Gasteiger partial charge in [0.15, 0.2) is 5.82 Å². The highest BCUT2D eigenvalue weighted by Crippen LogP contribution is 2.21. The molecule has 5 nitrogen and oxygen atoms in total. The molecule has 0 bridgehead atoms. The summed E-state index contributed by atoms with van der Waals surface area (Å²) >= 11 is 3.37. The molecule has 0 aliphatic heterocycles. The number of rotatable bonds is 2. The summed E-state index contributed by atoms with van der Waals surface area (Å²) < 4.78 is 0.743. The van der Waals surface area contributed by atoms with Crippen LogP contribution in [0.4, 0.5) is 5.82 Å². The molecule has 92 valence electrons. The number of H-pyrrole nitrogens is 1. The molecule has 0 aliphatic carbocycles. The normalized spacial score (nSPS) is 10.1. The molecular weight excluding hydrogens is 298 g/mol. The van der Waals surface area contributed by atoms with Crippen molar-refractivity contribution in [1.29, 1.82) is 0 Å². The van der Waals surface area contributed by atoms with Crippen molar-refractivity contribution in [3.63, 3.8) is 0 Å². The number of aryl methyl sites for hydroxylation is 1. The zero-order valence-corrected chi connectivity index (χ0v) is 11.1. The number of aromatic amines is 1. The molecule has 0 aliphatic rings. The summed E-state index contributed by atoms with van der Waals surface area (Å²) in [7, 11) is 0. The van der Waals surface area contributed by atoms with Crippen LogP contribution in [0.1, 0.15) is 15.9 Å². The molecule has 0 radical (unpaired) electrons. The molecule has 1 aromatic carbocycles. The molecule has 1 heterocycles. The Balaban J connectivity index is 2.24. The van der Waals surface area contributed by atoms with E-state index in [2.05, 4.69) is 31.4 Å². The monoisotopic (exact) mass is 307 g/mol. The molecule has 0 fully saturated rings. The van der Waals surface area contributed by atoms with Crippen LogP contribution in [0.5, 0.6) is 0 Å². The van der Waals surface area contributed by atoms with Gasteiger partial charge in [0.1, 0.15) is 0 Å². The van der Waals surface area contributed by atoms with Crippen molar-refractivity contribution in [1.82, 2.24) is 10.2 Å². The molecule has 1 aromatic heterocycles. The standard InChI is InChI=1S/C12H10BrN3O2/c1-7-3-2-4-8(11(7)13)12(18)14-9-5-6-10(17)16-15-9/h2-6H,1H3,(H,16,17)(H,14,15,18). The Labute approximate surface area is 111 Å². The van der Waals surface area contributed by atoms with Crippen LogP contribution in [0.3, 0.4) is 0 Å². The maximum Gasteiger partial charge on any atom is 0.264 e. The first-order valence-electron chi connectivity index (χ1n) is 5.20. The second-order valence-electron chi connectivity index (χ2n) is 3.70. The molecular formula is C12H10BrN3O2. The van der Waals surface area contributed by atoms with Crippen molar-refractivity contribution in [2.45, 2.75) is 6.92 Å². The van der Waals surface area contributed by atoms with Crippen LogP contribution in [0, 0.1) is 6.92 Å². The average molecular weight is 308 g/mol. The Morgan fingerprint density at radius 2 is 2.11 bits per heavy atom. The zero-order valence-electron chi connectivity index (χ0n) is 9.53. The highest BCUT2D eigenvalue weighted by atomic mass is 79.9. The summed E-state index contributed by atoms with van der Waals surface area (Å²) in [5.41, 5.74) is 1.17. The number of hydrogen-bond donors (Lipinski definition) is 2. The van der Waals surface area contributed by atoms with E-state index in [0.717, 1.165) is 10.0 Å². The van der Waals surface area contributed by atoms with Crippen LogP contribution in [0.15, 0.2) is 39.6 Å². The molecule has 1 amide bonds. The number of anilines is 1. The fourth-order valence-electron chi connectivity index (χ4n) is 1.42. The molecule has 2 aromatic rings. The Morgan fingerprint density at radius 3 is 2.78 bits per heavy atom. The van der Waals surface area contributed by atoms with Gasteiger partial charge in [-0.1, -0.05) is 12.1 Å². The minimum absolute atomic E-state index is 0.287. The average Bonchev–Trinajstić information content (AvgIpc) is 2.35. The van der Waals surface area contributed by atoms with Crippen molar-refractivity contribution in [3.8, 4) is 0 Å². The zero-order chi connectivity index (χ0) is 13.1. The van der Waals surface area contributed by atoms with Gasteiger partial charge in [-0.05, 0) is 40.5 Å². The van der Waals surface area contributed by atoms with Gasteiger partial charge in [-0.15, -0.1) is 0 Å². The lowest BCUT2D eigenvalue weighted by atomic mass is 10.1. The van der Waals surface area contributed by atoms with Gasteiger partial charge in [-0.3, -0.25) is 9.59 Å². The van der Waals surface area contributed by atoms with Crippen LogP contribution in [-0.4, -0.2) is 16.1 Å². The number of aromatic nitrogens is 2. The summed E-state index contributed by atoms with van der Waals surface area (Å²) in [6.07, 6.45) is 0. The van der Waals surface area contributed by atoms with Crippen molar-refractivity contribution in [3.05, 3.63) is 56.3 Å². The molecule has 0 saturated carbocycles. The number of carbonyl (C=O) groups is 1. The van der Waals surface area contributed by atoms with Crippen molar-refractivity contribution in [2.24, 2.45) is 0 Å². The van der Waals surface area contributed by atoms with Gasteiger partial charge in [-0.2, -0.15) is 5.10 Å². The molecule has 2 rings (SSSR count). The summed E-state index contributed by atoms with van der Waals surface area (Å²) in [4.78, 5) is 22.8. The van der Waals surface area contributed by atoms with Gasteiger partial charge in [0.2, 0.25) is 0 Å². The third kappa shape index (κ3) is 2.65. The van der Waals surface area contributed by atoms with Crippen LogP contribution in [0.25, 0.3) is 0 Å². The van der Waals surface area contributed by atoms with E-state index in [4.69, 9.17) is 0 Å². The highest BCUT2D eigenvalue weighted by molar-refractivity contribution is 9.10. The minimum Gasteiger partial charge on any atom is -0.305 e. The fraction of sp³-hybridized carbons (Fsp3) is 0.0833. The largest absolute Gasteiger partial charge is 0.305 e. The number of halogens is 1. The molecule has 0 unspecified atom stereocenters. The summed E-state index contributed by atoms with van der Waals surface area (Å²) in [5, 5.41) is 8.57. The lowest BCUT2D eigenvalue weighted by Gasteiger charge is -2.07. The first kappa shape index (κ1) is 12.5. The summed E-state index contributed by atoms with van der Waals surface area (Å²) in [6, 6.07) is 8.15. The lowest BCUT2D eigenvalue weighted by Crippen LogP contribution is -2.16. The first-order chi connectivity index (χ1) is 8.58. The second kappa shape index (κ2) is 5.14. The smallest absolute Gasteiger partial charge is 0.264 e. The maximum absolute atomic E-state index is 12.0. The Hall–Kier alpha value is -1.95. The van der Waals surface area contributed by atoms with Crippen molar-refractivity contribution >= 4 is 27.7 Å².